The number of rotatable bonds is 7. The number of nitrogens with zero attached hydrogens (tertiary/aromatic N) is 4. The molecule has 1 aliphatic carbocycles. The smallest absolute Gasteiger partial charge is 0.416 e. The van der Waals surface area contributed by atoms with Crippen molar-refractivity contribution in [3.8, 4) is 22.4 Å². The third kappa shape index (κ3) is 5.54. The highest BCUT2D eigenvalue weighted by Gasteiger charge is 2.34. The zero-order valence-corrected chi connectivity index (χ0v) is 22.7. The molecule has 210 valence electrons. The van der Waals surface area contributed by atoms with Gasteiger partial charge in [0.2, 0.25) is 0 Å². The lowest BCUT2D eigenvalue weighted by molar-refractivity contribution is -0.137. The van der Waals surface area contributed by atoms with Crippen LogP contribution in [-0.4, -0.2) is 39.3 Å². The molecule has 1 aliphatic heterocycles. The second kappa shape index (κ2) is 10.5. The molecule has 3 aromatic heterocycles. The van der Waals surface area contributed by atoms with E-state index in [2.05, 4.69) is 21.2 Å². The van der Waals surface area contributed by atoms with Crippen LogP contribution in [0.1, 0.15) is 46.0 Å². The van der Waals surface area contributed by atoms with E-state index in [1.807, 2.05) is 11.0 Å². The minimum Gasteiger partial charge on any atom is -0.478 e. The second-order valence-electron chi connectivity index (χ2n) is 10.1. The molecular weight excluding hydrogens is 580 g/mol. The summed E-state index contributed by atoms with van der Waals surface area (Å²) in [6.45, 7) is 1.37. The number of anilines is 1. The van der Waals surface area contributed by atoms with Crippen molar-refractivity contribution in [3.63, 3.8) is 0 Å². The highest BCUT2D eigenvalue weighted by molar-refractivity contribution is 6.39. The maximum Gasteiger partial charge on any atom is 0.416 e. The normalized spacial score (nSPS) is 15.9. The summed E-state index contributed by atoms with van der Waals surface area (Å²) in [6.07, 6.45) is 5.97. The molecule has 0 bridgehead atoms. The van der Waals surface area contributed by atoms with Crippen LogP contribution in [0.25, 0.3) is 28.5 Å². The molecule has 0 unspecified atom stereocenters. The van der Waals surface area contributed by atoms with Gasteiger partial charge in [0.15, 0.2) is 0 Å². The molecule has 12 heteroatoms. The minimum absolute atomic E-state index is 0.131. The molecule has 0 spiro atoms. The topological polar surface area (TPSA) is 92.3 Å². The van der Waals surface area contributed by atoms with Crippen molar-refractivity contribution < 1.29 is 27.6 Å². The lowest BCUT2D eigenvalue weighted by Crippen LogP contribution is -2.46. The SMILES string of the molecule is O=C(O)c1cc(-c2ccc(N3CC(/C=C/c4c(-c5c(Cl)cncc5Cl)noc4C4CC4)C3)nc2)cc(C(F)(F)F)c1. The van der Waals surface area contributed by atoms with E-state index in [1.54, 1.807) is 12.1 Å². The average Bonchev–Trinajstić information content (AvgIpc) is 3.67. The first-order chi connectivity index (χ1) is 19.6. The van der Waals surface area contributed by atoms with E-state index < -0.39 is 23.3 Å². The largest absolute Gasteiger partial charge is 0.478 e. The molecule has 2 aliphatic rings. The van der Waals surface area contributed by atoms with E-state index >= 15 is 0 Å². The summed E-state index contributed by atoms with van der Waals surface area (Å²) in [5.41, 5.74) is 1.06. The van der Waals surface area contributed by atoms with Gasteiger partial charge in [0.25, 0.3) is 0 Å². The summed E-state index contributed by atoms with van der Waals surface area (Å²) < 4.78 is 45.6. The Labute approximate surface area is 242 Å². The molecule has 1 saturated heterocycles. The molecule has 4 aromatic rings. The fraction of sp³-hybridized carbons (Fsp3) is 0.241. The number of carbonyl (C=O) groups is 1. The number of aromatic nitrogens is 3. The molecular formula is C29H21Cl2F3N4O3. The summed E-state index contributed by atoms with van der Waals surface area (Å²) in [7, 11) is 0. The summed E-state index contributed by atoms with van der Waals surface area (Å²) >= 11 is 12.8. The van der Waals surface area contributed by atoms with Gasteiger partial charge in [-0.1, -0.05) is 40.5 Å². The molecule has 41 heavy (non-hydrogen) atoms. The Morgan fingerprint density at radius 3 is 2.39 bits per heavy atom. The van der Waals surface area contributed by atoms with E-state index in [-0.39, 0.29) is 11.5 Å². The first-order valence-electron chi connectivity index (χ1n) is 12.7. The fourth-order valence-electron chi connectivity index (χ4n) is 4.81. The molecule has 6 rings (SSSR count). The highest BCUT2D eigenvalue weighted by Crippen LogP contribution is 2.46. The van der Waals surface area contributed by atoms with Crippen LogP contribution in [0.2, 0.25) is 10.0 Å². The Kier molecular flexibility index (Phi) is 6.99. The number of pyridine rings is 2. The number of aromatic carboxylic acids is 1. The number of alkyl halides is 3. The molecule has 0 amide bonds. The molecule has 1 saturated carbocycles. The van der Waals surface area contributed by atoms with E-state index in [9.17, 15) is 23.1 Å². The number of carboxylic acids is 1. The van der Waals surface area contributed by atoms with Gasteiger partial charge in [-0.05, 0) is 48.7 Å². The first kappa shape index (κ1) is 27.3. The zero-order chi connectivity index (χ0) is 28.9. The van der Waals surface area contributed by atoms with E-state index in [4.69, 9.17) is 27.7 Å². The minimum atomic E-state index is -4.67. The van der Waals surface area contributed by atoms with Crippen molar-refractivity contribution in [3.05, 3.63) is 87.5 Å². The van der Waals surface area contributed by atoms with Gasteiger partial charge in [0.05, 0.1) is 21.2 Å². The maximum absolute atomic E-state index is 13.3. The lowest BCUT2D eigenvalue weighted by Gasteiger charge is -2.38. The summed E-state index contributed by atoms with van der Waals surface area (Å²) in [5.74, 6) is 0.587. The number of hydrogen-bond acceptors (Lipinski definition) is 6. The monoisotopic (exact) mass is 600 g/mol. The van der Waals surface area contributed by atoms with E-state index in [0.717, 1.165) is 30.2 Å². The van der Waals surface area contributed by atoms with Crippen LogP contribution in [-0.2, 0) is 6.18 Å². The molecule has 0 atom stereocenters. The molecule has 0 radical (unpaired) electrons. The standard InChI is InChI=1S/C29H21Cl2F3N4O3/c30-22-11-35-12-23(31)25(22)26-21(27(41-37-26)16-2-3-16)5-1-15-13-38(14-15)24-6-4-17(10-36-24)18-7-19(28(39)40)9-20(8-18)29(32,33)34/h1,4-12,15-16H,2-3,13-14H2,(H,39,40)/b5-1+. The molecule has 1 aromatic carbocycles. The van der Waals surface area contributed by atoms with Crippen molar-refractivity contribution in [1.29, 1.82) is 0 Å². The van der Waals surface area contributed by atoms with Gasteiger partial charge in [0.1, 0.15) is 17.3 Å². The maximum atomic E-state index is 13.3. The lowest BCUT2D eigenvalue weighted by atomic mass is 9.96. The van der Waals surface area contributed by atoms with Crippen LogP contribution >= 0.6 is 23.2 Å². The van der Waals surface area contributed by atoms with Gasteiger partial charge in [-0.15, -0.1) is 0 Å². The van der Waals surface area contributed by atoms with E-state index in [0.29, 0.717) is 57.8 Å². The summed E-state index contributed by atoms with van der Waals surface area (Å²) in [6, 6.07) is 6.11. The van der Waals surface area contributed by atoms with Crippen LogP contribution in [0.5, 0.6) is 0 Å². The zero-order valence-electron chi connectivity index (χ0n) is 21.2. The van der Waals surface area contributed by atoms with E-state index in [1.165, 1.54) is 24.7 Å². The predicted octanol–water partition coefficient (Wildman–Crippen LogP) is 7.85. The highest BCUT2D eigenvalue weighted by atomic mass is 35.5. The van der Waals surface area contributed by atoms with Crippen molar-refractivity contribution in [1.82, 2.24) is 15.1 Å². The Bertz CT molecular complexity index is 1640. The van der Waals surface area contributed by atoms with Gasteiger partial charge in [-0.2, -0.15) is 13.2 Å². The van der Waals surface area contributed by atoms with Gasteiger partial charge in [0, 0.05) is 60.2 Å². The Hall–Kier alpha value is -3.89. The molecule has 7 nitrogen and oxygen atoms in total. The van der Waals surface area contributed by atoms with Crippen molar-refractivity contribution in [2.45, 2.75) is 24.9 Å². The Morgan fingerprint density at radius 1 is 1.05 bits per heavy atom. The quantitative estimate of drug-likeness (QED) is 0.231. The van der Waals surface area contributed by atoms with Crippen LogP contribution in [0.4, 0.5) is 19.0 Å². The predicted molar refractivity (Wildman–Crippen MR) is 148 cm³/mol. The second-order valence-corrected chi connectivity index (χ2v) is 10.9. The van der Waals surface area contributed by atoms with Crippen LogP contribution < -0.4 is 4.90 Å². The average molecular weight is 601 g/mol. The third-order valence-corrected chi connectivity index (χ3v) is 7.72. The third-order valence-electron chi connectivity index (χ3n) is 7.15. The number of hydrogen-bond donors (Lipinski definition) is 1. The molecule has 4 heterocycles. The Balaban J connectivity index is 1.17. The number of carboxylic acid groups (broad SMARTS) is 1. The van der Waals surface area contributed by atoms with Crippen LogP contribution in [0, 0.1) is 5.92 Å². The number of benzene rings is 1. The number of halogens is 5. The summed E-state index contributed by atoms with van der Waals surface area (Å²) in [5, 5.41) is 14.3. The van der Waals surface area contributed by atoms with Crippen LogP contribution in [0.15, 0.2) is 59.5 Å². The van der Waals surface area contributed by atoms with Crippen molar-refractivity contribution >= 4 is 41.1 Å². The van der Waals surface area contributed by atoms with Crippen molar-refractivity contribution in [2.24, 2.45) is 5.92 Å². The fourth-order valence-corrected chi connectivity index (χ4v) is 5.35. The van der Waals surface area contributed by atoms with Crippen LogP contribution in [0.3, 0.4) is 0 Å². The van der Waals surface area contributed by atoms with Crippen molar-refractivity contribution in [2.75, 3.05) is 18.0 Å². The first-order valence-corrected chi connectivity index (χ1v) is 13.5. The van der Waals surface area contributed by atoms with Gasteiger partial charge < -0.3 is 14.5 Å². The van der Waals surface area contributed by atoms with Gasteiger partial charge >= 0.3 is 12.1 Å². The Morgan fingerprint density at radius 2 is 1.78 bits per heavy atom. The van der Waals surface area contributed by atoms with Gasteiger partial charge in [-0.25, -0.2) is 9.78 Å². The van der Waals surface area contributed by atoms with Gasteiger partial charge in [-0.3, -0.25) is 4.98 Å². The summed E-state index contributed by atoms with van der Waals surface area (Å²) in [4.78, 5) is 21.8. The molecule has 2 fully saturated rings. The molecule has 1 N–H and O–H groups in total.